The zero-order valence-electron chi connectivity index (χ0n) is 8.64. The van der Waals surface area contributed by atoms with E-state index in [0.717, 1.165) is 10.7 Å². The number of amides is 1. The summed E-state index contributed by atoms with van der Waals surface area (Å²) >= 11 is 0. The van der Waals surface area contributed by atoms with E-state index in [9.17, 15) is 4.79 Å². The molecule has 0 spiro atoms. The molecule has 2 N–H and O–H groups in total. The number of rotatable bonds is 1. The second-order valence-corrected chi connectivity index (χ2v) is 3.39. The van der Waals surface area contributed by atoms with Crippen molar-refractivity contribution in [1.82, 2.24) is 14.4 Å². The van der Waals surface area contributed by atoms with Crippen LogP contribution in [0.2, 0.25) is 0 Å². The van der Waals surface area contributed by atoms with Crippen LogP contribution in [0.25, 0.3) is 5.65 Å². The maximum absolute atomic E-state index is 11.8. The number of hydrogen-bond donors (Lipinski definition) is 1. The highest BCUT2D eigenvalue weighted by Crippen LogP contribution is 2.12. The molecule has 1 amide bonds. The van der Waals surface area contributed by atoms with E-state index in [1.54, 1.807) is 17.5 Å². The average molecular weight is 204 g/mol. The SMILES string of the molecule is Cc1nc2ccccn2c1C(=O)N(C)N. The zero-order valence-corrected chi connectivity index (χ0v) is 8.64. The summed E-state index contributed by atoms with van der Waals surface area (Å²) in [7, 11) is 1.52. The molecule has 2 rings (SSSR count). The first-order valence-electron chi connectivity index (χ1n) is 4.57. The number of aromatic nitrogens is 2. The van der Waals surface area contributed by atoms with Crippen LogP contribution in [0.3, 0.4) is 0 Å². The highest BCUT2D eigenvalue weighted by molar-refractivity contribution is 5.94. The quantitative estimate of drug-likeness (QED) is 0.420. The van der Waals surface area contributed by atoms with Gasteiger partial charge in [-0.1, -0.05) is 6.07 Å². The summed E-state index contributed by atoms with van der Waals surface area (Å²) in [6.45, 7) is 1.80. The molecule has 0 unspecified atom stereocenters. The summed E-state index contributed by atoms with van der Waals surface area (Å²) in [6.07, 6.45) is 1.80. The van der Waals surface area contributed by atoms with Crippen molar-refractivity contribution in [2.24, 2.45) is 5.84 Å². The molecule has 0 saturated carbocycles. The number of carbonyl (C=O) groups excluding carboxylic acids is 1. The minimum Gasteiger partial charge on any atom is -0.295 e. The van der Waals surface area contributed by atoms with Crippen molar-refractivity contribution in [2.75, 3.05) is 7.05 Å². The molecular weight excluding hydrogens is 192 g/mol. The fourth-order valence-electron chi connectivity index (χ4n) is 1.54. The molecular formula is C10H12N4O. The van der Waals surface area contributed by atoms with Gasteiger partial charge in [0.15, 0.2) is 0 Å². The van der Waals surface area contributed by atoms with Gasteiger partial charge in [0.25, 0.3) is 5.91 Å². The van der Waals surface area contributed by atoms with Crippen LogP contribution in [0.15, 0.2) is 24.4 Å². The van der Waals surface area contributed by atoms with E-state index < -0.39 is 0 Å². The summed E-state index contributed by atoms with van der Waals surface area (Å²) < 4.78 is 1.74. The predicted octanol–water partition coefficient (Wildman–Crippen LogP) is 0.588. The van der Waals surface area contributed by atoms with Gasteiger partial charge in [-0.15, -0.1) is 0 Å². The Balaban J connectivity index is 2.69. The molecule has 2 aromatic rings. The normalized spacial score (nSPS) is 10.6. The lowest BCUT2D eigenvalue weighted by atomic mass is 10.3. The van der Waals surface area contributed by atoms with Crippen molar-refractivity contribution in [3.63, 3.8) is 0 Å². The number of pyridine rings is 1. The summed E-state index contributed by atoms with van der Waals surface area (Å²) in [5.41, 5.74) is 1.94. The zero-order chi connectivity index (χ0) is 11.0. The molecule has 0 aliphatic rings. The molecule has 0 fully saturated rings. The molecule has 0 aliphatic carbocycles. The fraction of sp³-hybridized carbons (Fsp3) is 0.200. The Bertz CT molecular complexity index is 515. The number of hydrogen-bond acceptors (Lipinski definition) is 3. The van der Waals surface area contributed by atoms with Crippen LogP contribution < -0.4 is 5.84 Å². The van der Waals surface area contributed by atoms with Crippen LogP contribution in [-0.2, 0) is 0 Å². The standard InChI is InChI=1S/C10H12N4O/c1-7-9(10(15)13(2)11)14-6-4-3-5-8(14)12-7/h3-6H,11H2,1-2H3. The van der Waals surface area contributed by atoms with E-state index in [4.69, 9.17) is 5.84 Å². The minimum absolute atomic E-state index is 0.244. The molecule has 0 aliphatic heterocycles. The Morgan fingerprint density at radius 3 is 2.93 bits per heavy atom. The molecule has 0 atom stereocenters. The van der Waals surface area contributed by atoms with Gasteiger partial charge in [-0.25, -0.2) is 10.8 Å². The van der Waals surface area contributed by atoms with Crippen LogP contribution in [0.4, 0.5) is 0 Å². The monoisotopic (exact) mass is 204 g/mol. The van der Waals surface area contributed by atoms with Crippen LogP contribution in [0, 0.1) is 6.92 Å². The van der Waals surface area contributed by atoms with Gasteiger partial charge in [0.2, 0.25) is 0 Å². The summed E-state index contributed by atoms with van der Waals surface area (Å²) in [6, 6.07) is 5.57. The first kappa shape index (κ1) is 9.67. The minimum atomic E-state index is -0.244. The maximum Gasteiger partial charge on any atom is 0.286 e. The molecule has 0 saturated heterocycles. The van der Waals surface area contributed by atoms with Crippen molar-refractivity contribution >= 4 is 11.6 Å². The van der Waals surface area contributed by atoms with Gasteiger partial charge in [-0.05, 0) is 19.1 Å². The number of nitrogens with two attached hydrogens (primary N) is 1. The van der Waals surface area contributed by atoms with Crippen molar-refractivity contribution in [3.05, 3.63) is 35.8 Å². The Kier molecular flexibility index (Phi) is 2.17. The van der Waals surface area contributed by atoms with Gasteiger partial charge in [0, 0.05) is 13.2 Å². The van der Waals surface area contributed by atoms with Gasteiger partial charge in [-0.2, -0.15) is 0 Å². The van der Waals surface area contributed by atoms with Gasteiger partial charge >= 0.3 is 0 Å². The molecule has 15 heavy (non-hydrogen) atoms. The molecule has 2 heterocycles. The van der Waals surface area contributed by atoms with E-state index in [1.165, 1.54) is 7.05 Å². The molecule has 5 nitrogen and oxygen atoms in total. The van der Waals surface area contributed by atoms with Crippen molar-refractivity contribution in [1.29, 1.82) is 0 Å². The molecule has 78 valence electrons. The van der Waals surface area contributed by atoms with Gasteiger partial charge in [0.1, 0.15) is 11.3 Å². The van der Waals surface area contributed by atoms with Crippen molar-refractivity contribution in [3.8, 4) is 0 Å². The van der Waals surface area contributed by atoms with Crippen molar-refractivity contribution in [2.45, 2.75) is 6.92 Å². The summed E-state index contributed by atoms with van der Waals surface area (Å²) in [5, 5.41) is 1.06. The van der Waals surface area contributed by atoms with Gasteiger partial charge < -0.3 is 0 Å². The van der Waals surface area contributed by atoms with E-state index in [1.807, 2.05) is 18.2 Å². The third-order valence-electron chi connectivity index (χ3n) is 2.23. The highest BCUT2D eigenvalue weighted by Gasteiger charge is 2.17. The number of imidazole rings is 1. The molecule has 2 aromatic heterocycles. The van der Waals surface area contributed by atoms with E-state index in [2.05, 4.69) is 4.98 Å². The van der Waals surface area contributed by atoms with E-state index >= 15 is 0 Å². The Morgan fingerprint density at radius 2 is 2.27 bits per heavy atom. The van der Waals surface area contributed by atoms with Gasteiger partial charge in [0.05, 0.1) is 5.69 Å². The van der Waals surface area contributed by atoms with Crippen LogP contribution in [0.1, 0.15) is 16.2 Å². The number of hydrazine groups is 1. The topological polar surface area (TPSA) is 63.6 Å². The number of nitrogens with zero attached hydrogens (tertiary/aromatic N) is 3. The molecule has 5 heteroatoms. The van der Waals surface area contributed by atoms with Crippen LogP contribution in [-0.4, -0.2) is 27.3 Å². The maximum atomic E-state index is 11.8. The first-order valence-corrected chi connectivity index (χ1v) is 4.57. The van der Waals surface area contributed by atoms with Crippen LogP contribution >= 0.6 is 0 Å². The summed E-state index contributed by atoms with van der Waals surface area (Å²) in [5.74, 6) is 5.19. The lowest BCUT2D eigenvalue weighted by molar-refractivity contribution is 0.0787. The summed E-state index contributed by atoms with van der Waals surface area (Å²) in [4.78, 5) is 16.1. The number of aryl methyl sites for hydroxylation is 1. The van der Waals surface area contributed by atoms with Gasteiger partial charge in [-0.3, -0.25) is 14.2 Å². The lowest BCUT2D eigenvalue weighted by Gasteiger charge is -2.09. The van der Waals surface area contributed by atoms with E-state index in [-0.39, 0.29) is 5.91 Å². The first-order chi connectivity index (χ1) is 7.11. The van der Waals surface area contributed by atoms with Crippen molar-refractivity contribution < 1.29 is 4.79 Å². The largest absolute Gasteiger partial charge is 0.295 e. The highest BCUT2D eigenvalue weighted by atomic mass is 16.2. The predicted molar refractivity (Wildman–Crippen MR) is 56.2 cm³/mol. The Morgan fingerprint density at radius 1 is 1.53 bits per heavy atom. The lowest BCUT2D eigenvalue weighted by Crippen LogP contribution is -2.34. The number of fused-ring (bicyclic) bond motifs is 1. The van der Waals surface area contributed by atoms with Crippen LogP contribution in [0.5, 0.6) is 0 Å². The second kappa shape index (κ2) is 3.36. The third kappa shape index (κ3) is 1.46. The molecule has 0 aromatic carbocycles. The number of carbonyl (C=O) groups is 1. The second-order valence-electron chi connectivity index (χ2n) is 3.39. The molecule has 0 radical (unpaired) electrons. The van der Waals surface area contributed by atoms with E-state index in [0.29, 0.717) is 11.4 Å². The Hall–Kier alpha value is -1.88. The third-order valence-corrected chi connectivity index (χ3v) is 2.23. The average Bonchev–Trinajstić information content (AvgIpc) is 2.52. The Labute approximate surface area is 87.1 Å². The molecule has 0 bridgehead atoms. The fourth-order valence-corrected chi connectivity index (χ4v) is 1.54. The smallest absolute Gasteiger partial charge is 0.286 e.